The van der Waals surface area contributed by atoms with Crippen molar-refractivity contribution in [3.63, 3.8) is 0 Å². The molecule has 1 aromatic heterocycles. The summed E-state index contributed by atoms with van der Waals surface area (Å²) < 4.78 is 19.6. The second kappa shape index (κ2) is 6.40. The van der Waals surface area contributed by atoms with Crippen molar-refractivity contribution in [3.05, 3.63) is 23.5 Å². The van der Waals surface area contributed by atoms with E-state index in [2.05, 4.69) is 14.7 Å². The van der Waals surface area contributed by atoms with Crippen LogP contribution in [-0.2, 0) is 0 Å². The number of hydrogen-bond acceptors (Lipinski definition) is 7. The lowest BCUT2D eigenvalue weighted by molar-refractivity contribution is 0.102. The molecule has 0 fully saturated rings. The van der Waals surface area contributed by atoms with Crippen molar-refractivity contribution in [2.75, 3.05) is 26.6 Å². The first-order valence-electron chi connectivity index (χ1n) is 6.00. The quantitative estimate of drug-likeness (QED) is 0.911. The van der Waals surface area contributed by atoms with Gasteiger partial charge >= 0.3 is 0 Å². The van der Waals surface area contributed by atoms with Crippen molar-refractivity contribution >= 4 is 22.6 Å². The fourth-order valence-corrected chi connectivity index (χ4v) is 2.30. The molecule has 1 N–H and O–H groups in total. The van der Waals surface area contributed by atoms with Gasteiger partial charge < -0.3 is 14.2 Å². The first kappa shape index (κ1) is 15.0. The zero-order chi connectivity index (χ0) is 15.4. The summed E-state index contributed by atoms with van der Waals surface area (Å²) >= 11 is 1.12. The molecule has 2 rings (SSSR count). The molecule has 8 heteroatoms. The van der Waals surface area contributed by atoms with Crippen molar-refractivity contribution in [1.82, 2.24) is 9.36 Å². The molecule has 0 radical (unpaired) electrons. The molecular weight excluding hydrogens is 294 g/mol. The van der Waals surface area contributed by atoms with Crippen LogP contribution in [0.1, 0.15) is 16.2 Å². The number of aromatic nitrogens is 2. The number of nitrogens with one attached hydrogen (secondary N) is 1. The zero-order valence-corrected chi connectivity index (χ0v) is 12.9. The van der Waals surface area contributed by atoms with Crippen molar-refractivity contribution in [2.24, 2.45) is 0 Å². The summed E-state index contributed by atoms with van der Waals surface area (Å²) in [5.41, 5.74) is 0.373. The van der Waals surface area contributed by atoms with Crippen LogP contribution < -0.4 is 19.5 Å². The van der Waals surface area contributed by atoms with Gasteiger partial charge in [0.2, 0.25) is 10.9 Å². The highest BCUT2D eigenvalue weighted by Crippen LogP contribution is 2.38. The Bertz CT molecular complexity index is 632. The van der Waals surface area contributed by atoms with E-state index in [-0.39, 0.29) is 5.91 Å². The minimum atomic E-state index is -0.328. The van der Waals surface area contributed by atoms with Gasteiger partial charge in [0.1, 0.15) is 5.82 Å². The Morgan fingerprint density at radius 3 is 2.19 bits per heavy atom. The highest BCUT2D eigenvalue weighted by Gasteiger charge is 2.17. The predicted octanol–water partition coefficient (Wildman–Crippen LogP) is 2.12. The van der Waals surface area contributed by atoms with Crippen molar-refractivity contribution in [2.45, 2.75) is 6.92 Å². The molecule has 0 aliphatic heterocycles. The van der Waals surface area contributed by atoms with E-state index in [1.165, 1.54) is 21.3 Å². The number of rotatable bonds is 5. The molecule has 0 unspecified atom stereocenters. The molecule has 1 heterocycles. The maximum Gasteiger partial charge on any atom is 0.257 e. The highest BCUT2D eigenvalue weighted by molar-refractivity contribution is 7.09. The van der Waals surface area contributed by atoms with Crippen LogP contribution >= 0.6 is 11.5 Å². The van der Waals surface area contributed by atoms with Gasteiger partial charge in [0, 0.05) is 17.1 Å². The van der Waals surface area contributed by atoms with Crippen LogP contribution in [0, 0.1) is 6.92 Å². The molecule has 112 valence electrons. The smallest absolute Gasteiger partial charge is 0.257 e. The first-order valence-corrected chi connectivity index (χ1v) is 6.78. The molecule has 0 atom stereocenters. The van der Waals surface area contributed by atoms with Crippen molar-refractivity contribution in [3.8, 4) is 17.2 Å². The third kappa shape index (κ3) is 3.22. The van der Waals surface area contributed by atoms with E-state index in [1.54, 1.807) is 19.1 Å². The number of carbonyl (C=O) groups excluding carboxylic acids is 1. The van der Waals surface area contributed by atoms with Gasteiger partial charge in [-0.1, -0.05) is 0 Å². The molecule has 7 nitrogen and oxygen atoms in total. The van der Waals surface area contributed by atoms with Gasteiger partial charge in [-0.05, 0) is 19.1 Å². The van der Waals surface area contributed by atoms with Crippen LogP contribution in [0.25, 0.3) is 0 Å². The minimum absolute atomic E-state index is 0.328. The number of hydrogen-bond donors (Lipinski definition) is 1. The normalized spacial score (nSPS) is 10.1. The molecule has 1 aromatic carbocycles. The van der Waals surface area contributed by atoms with Gasteiger partial charge in [-0.25, -0.2) is 4.98 Å². The number of anilines is 1. The van der Waals surface area contributed by atoms with E-state index in [4.69, 9.17) is 14.2 Å². The lowest BCUT2D eigenvalue weighted by atomic mass is 10.1. The Labute approximate surface area is 126 Å². The molecule has 0 spiro atoms. The standard InChI is InChI=1S/C13H15N3O4S/c1-7-14-13(21-16-7)15-12(17)8-5-9(18-2)11(20-4)10(6-8)19-3/h5-6H,1-4H3,(H,14,15,16,17). The lowest BCUT2D eigenvalue weighted by Crippen LogP contribution is -2.12. The van der Waals surface area contributed by atoms with E-state index in [0.717, 1.165) is 11.5 Å². The third-order valence-corrected chi connectivity index (χ3v) is 3.40. The fourth-order valence-electron chi connectivity index (χ4n) is 1.73. The summed E-state index contributed by atoms with van der Waals surface area (Å²) in [6.45, 7) is 1.76. The minimum Gasteiger partial charge on any atom is -0.493 e. The molecule has 0 bridgehead atoms. The lowest BCUT2D eigenvalue weighted by Gasteiger charge is -2.13. The first-order chi connectivity index (χ1) is 10.1. The fraction of sp³-hybridized carbons (Fsp3) is 0.308. The zero-order valence-electron chi connectivity index (χ0n) is 12.1. The number of carbonyl (C=O) groups is 1. The maximum atomic E-state index is 12.2. The monoisotopic (exact) mass is 309 g/mol. The summed E-state index contributed by atoms with van der Waals surface area (Å²) in [4.78, 5) is 16.3. The Balaban J connectivity index is 2.32. The van der Waals surface area contributed by atoms with Crippen molar-refractivity contribution < 1.29 is 19.0 Å². The maximum absolute atomic E-state index is 12.2. The Hall–Kier alpha value is -2.35. The second-order valence-corrected chi connectivity index (χ2v) is 4.77. The number of benzene rings is 1. The van der Waals surface area contributed by atoms with Gasteiger partial charge in [-0.15, -0.1) is 0 Å². The third-order valence-electron chi connectivity index (χ3n) is 2.67. The largest absolute Gasteiger partial charge is 0.493 e. The molecule has 0 saturated heterocycles. The van der Waals surface area contributed by atoms with Gasteiger partial charge in [-0.2, -0.15) is 4.37 Å². The van der Waals surface area contributed by atoms with E-state index >= 15 is 0 Å². The Kier molecular flexibility index (Phi) is 4.59. The number of aryl methyl sites for hydroxylation is 1. The van der Waals surface area contributed by atoms with Crippen LogP contribution in [-0.4, -0.2) is 36.6 Å². The second-order valence-electron chi connectivity index (χ2n) is 4.01. The van der Waals surface area contributed by atoms with Crippen LogP contribution in [0.5, 0.6) is 17.2 Å². The van der Waals surface area contributed by atoms with E-state index in [1.807, 2.05) is 0 Å². The van der Waals surface area contributed by atoms with Gasteiger partial charge in [-0.3, -0.25) is 10.1 Å². The molecule has 0 aliphatic carbocycles. The van der Waals surface area contributed by atoms with Crippen LogP contribution in [0.4, 0.5) is 5.13 Å². The van der Waals surface area contributed by atoms with E-state index in [9.17, 15) is 4.79 Å². The molecule has 2 aromatic rings. The SMILES string of the molecule is COc1cc(C(=O)Nc2nc(C)ns2)cc(OC)c1OC. The summed E-state index contributed by atoms with van der Waals surface area (Å²) in [6, 6.07) is 3.15. The number of methoxy groups -OCH3 is 3. The average molecular weight is 309 g/mol. The van der Waals surface area contributed by atoms with Crippen LogP contribution in [0.15, 0.2) is 12.1 Å². The Morgan fingerprint density at radius 1 is 1.14 bits per heavy atom. The Morgan fingerprint density at radius 2 is 1.76 bits per heavy atom. The number of nitrogens with zero attached hydrogens (tertiary/aromatic N) is 2. The molecule has 21 heavy (non-hydrogen) atoms. The van der Waals surface area contributed by atoms with Gasteiger partial charge in [0.15, 0.2) is 11.5 Å². The van der Waals surface area contributed by atoms with Crippen LogP contribution in [0.3, 0.4) is 0 Å². The molecular formula is C13H15N3O4S. The molecule has 0 saturated carbocycles. The van der Waals surface area contributed by atoms with Crippen molar-refractivity contribution in [1.29, 1.82) is 0 Å². The topological polar surface area (TPSA) is 82.6 Å². The molecule has 1 amide bonds. The number of amides is 1. The summed E-state index contributed by atoms with van der Waals surface area (Å²) in [5.74, 6) is 1.54. The van der Waals surface area contributed by atoms with Crippen LogP contribution in [0.2, 0.25) is 0 Å². The summed E-state index contributed by atoms with van der Waals surface area (Å²) in [6.07, 6.45) is 0. The van der Waals surface area contributed by atoms with Gasteiger partial charge in [0.25, 0.3) is 5.91 Å². The molecule has 0 aliphatic rings. The number of ether oxygens (including phenoxy) is 3. The van der Waals surface area contributed by atoms with Gasteiger partial charge in [0.05, 0.1) is 21.3 Å². The summed E-state index contributed by atoms with van der Waals surface area (Å²) in [5, 5.41) is 3.11. The summed E-state index contributed by atoms with van der Waals surface area (Å²) in [7, 11) is 4.49. The predicted molar refractivity (Wildman–Crippen MR) is 78.7 cm³/mol. The van der Waals surface area contributed by atoms with E-state index < -0.39 is 0 Å². The van der Waals surface area contributed by atoms with E-state index in [0.29, 0.717) is 33.8 Å². The highest BCUT2D eigenvalue weighted by atomic mass is 32.1. The average Bonchev–Trinajstić information content (AvgIpc) is 2.90.